The predicted octanol–water partition coefficient (Wildman–Crippen LogP) is 1.74. The summed E-state index contributed by atoms with van der Waals surface area (Å²) in [5.41, 5.74) is 2.61. The summed E-state index contributed by atoms with van der Waals surface area (Å²) in [4.78, 5) is 24.8. The molecule has 0 radical (unpaired) electrons. The first-order chi connectivity index (χ1) is 8.63. The van der Waals surface area contributed by atoms with Gasteiger partial charge < -0.3 is 15.5 Å². The third-order valence-corrected chi connectivity index (χ3v) is 2.96. The summed E-state index contributed by atoms with van der Waals surface area (Å²) in [6.45, 7) is 4.64. The molecule has 0 saturated heterocycles. The Bertz CT molecular complexity index is 485. The number of urea groups is 1. The van der Waals surface area contributed by atoms with E-state index in [4.69, 9.17) is 0 Å². The van der Waals surface area contributed by atoms with Crippen molar-refractivity contribution in [2.45, 2.75) is 20.3 Å². The zero-order valence-corrected chi connectivity index (χ0v) is 10.6. The highest BCUT2D eigenvalue weighted by Gasteiger charge is 2.25. The molecule has 0 aliphatic carbocycles. The predicted molar refractivity (Wildman–Crippen MR) is 70.9 cm³/mol. The van der Waals surface area contributed by atoms with Gasteiger partial charge in [0.15, 0.2) is 0 Å². The van der Waals surface area contributed by atoms with Crippen LogP contribution in [0.25, 0.3) is 0 Å². The minimum absolute atomic E-state index is 0.00102. The van der Waals surface area contributed by atoms with Crippen molar-refractivity contribution in [3.63, 3.8) is 0 Å². The Morgan fingerprint density at radius 1 is 1.39 bits per heavy atom. The van der Waals surface area contributed by atoms with Crippen LogP contribution in [0.3, 0.4) is 0 Å². The average Bonchev–Trinajstić information content (AvgIpc) is 2.74. The topological polar surface area (TPSA) is 61.4 Å². The van der Waals surface area contributed by atoms with Crippen molar-refractivity contribution in [3.8, 4) is 0 Å². The van der Waals surface area contributed by atoms with Crippen LogP contribution >= 0.6 is 0 Å². The van der Waals surface area contributed by atoms with Gasteiger partial charge in [-0.05, 0) is 25.0 Å². The van der Waals surface area contributed by atoms with Gasteiger partial charge in [0.25, 0.3) is 0 Å². The van der Waals surface area contributed by atoms with Crippen molar-refractivity contribution in [2.24, 2.45) is 0 Å². The van der Waals surface area contributed by atoms with Gasteiger partial charge in [0, 0.05) is 20.0 Å². The van der Waals surface area contributed by atoms with E-state index in [9.17, 15) is 9.59 Å². The number of hydrogen-bond donors (Lipinski definition) is 2. The van der Waals surface area contributed by atoms with Gasteiger partial charge in [-0.25, -0.2) is 4.79 Å². The number of carbonyl (C=O) groups excluding carboxylic acids is 2. The van der Waals surface area contributed by atoms with Crippen LogP contribution in [0.5, 0.6) is 0 Å². The lowest BCUT2D eigenvalue weighted by atomic mass is 10.1. The molecule has 5 nitrogen and oxygen atoms in total. The highest BCUT2D eigenvalue weighted by Crippen LogP contribution is 2.35. The third kappa shape index (κ3) is 2.30. The zero-order chi connectivity index (χ0) is 13.1. The van der Waals surface area contributed by atoms with Crippen molar-refractivity contribution >= 4 is 23.3 Å². The van der Waals surface area contributed by atoms with Crippen LogP contribution in [0.4, 0.5) is 16.2 Å². The molecular formula is C13H17N3O2. The number of hydrogen-bond acceptors (Lipinski definition) is 2. The molecule has 0 fully saturated rings. The molecule has 2 N–H and O–H groups in total. The van der Waals surface area contributed by atoms with Crippen molar-refractivity contribution in [1.82, 2.24) is 5.32 Å². The molecule has 1 heterocycles. The average molecular weight is 247 g/mol. The van der Waals surface area contributed by atoms with Crippen molar-refractivity contribution in [2.75, 3.05) is 23.3 Å². The van der Waals surface area contributed by atoms with Crippen molar-refractivity contribution < 1.29 is 9.59 Å². The molecule has 3 amide bonds. The fraction of sp³-hybridized carbons (Fsp3) is 0.385. The molecule has 1 aromatic rings. The first kappa shape index (κ1) is 12.4. The van der Waals surface area contributed by atoms with Gasteiger partial charge in [0.2, 0.25) is 5.91 Å². The SMILES string of the molecule is CCNC(=O)Nc1cccc2c1N(C(C)=O)CC2. The molecule has 18 heavy (non-hydrogen) atoms. The summed E-state index contributed by atoms with van der Waals surface area (Å²) in [5, 5.41) is 5.46. The van der Waals surface area contributed by atoms with Crippen molar-refractivity contribution in [1.29, 1.82) is 0 Å². The Morgan fingerprint density at radius 3 is 2.83 bits per heavy atom. The zero-order valence-electron chi connectivity index (χ0n) is 10.6. The van der Waals surface area contributed by atoms with Crippen LogP contribution in [0.15, 0.2) is 18.2 Å². The van der Waals surface area contributed by atoms with E-state index in [0.29, 0.717) is 18.8 Å². The monoisotopic (exact) mass is 247 g/mol. The normalized spacial score (nSPS) is 13.1. The van der Waals surface area contributed by atoms with Gasteiger partial charge in [-0.2, -0.15) is 0 Å². The third-order valence-electron chi connectivity index (χ3n) is 2.96. The second-order valence-corrected chi connectivity index (χ2v) is 4.22. The van der Waals surface area contributed by atoms with E-state index >= 15 is 0 Å². The minimum atomic E-state index is -0.249. The molecule has 0 bridgehead atoms. The number of para-hydroxylation sites is 1. The summed E-state index contributed by atoms with van der Waals surface area (Å²) in [6.07, 6.45) is 0.833. The van der Waals surface area contributed by atoms with Gasteiger partial charge in [-0.1, -0.05) is 12.1 Å². The molecule has 1 aliphatic heterocycles. The van der Waals surface area contributed by atoms with E-state index in [2.05, 4.69) is 10.6 Å². The highest BCUT2D eigenvalue weighted by molar-refractivity contribution is 6.01. The Morgan fingerprint density at radius 2 is 2.17 bits per heavy atom. The van der Waals surface area contributed by atoms with E-state index in [-0.39, 0.29) is 11.9 Å². The summed E-state index contributed by atoms with van der Waals surface area (Å²) >= 11 is 0. The fourth-order valence-electron chi connectivity index (χ4n) is 2.20. The van der Waals surface area contributed by atoms with Crippen LogP contribution in [-0.4, -0.2) is 25.0 Å². The largest absolute Gasteiger partial charge is 0.338 e. The summed E-state index contributed by atoms with van der Waals surface area (Å²) < 4.78 is 0. The maximum atomic E-state index is 11.6. The van der Waals surface area contributed by atoms with Crippen LogP contribution < -0.4 is 15.5 Å². The number of benzene rings is 1. The van der Waals surface area contributed by atoms with E-state index in [1.165, 1.54) is 6.92 Å². The molecule has 0 aromatic heterocycles. The first-order valence-corrected chi connectivity index (χ1v) is 6.08. The number of fused-ring (bicyclic) bond motifs is 1. The second-order valence-electron chi connectivity index (χ2n) is 4.22. The van der Waals surface area contributed by atoms with E-state index in [0.717, 1.165) is 17.7 Å². The van der Waals surface area contributed by atoms with Gasteiger partial charge in [0.05, 0.1) is 11.4 Å². The van der Waals surface area contributed by atoms with Crippen molar-refractivity contribution in [3.05, 3.63) is 23.8 Å². The first-order valence-electron chi connectivity index (χ1n) is 6.08. The Balaban J connectivity index is 2.30. The lowest BCUT2D eigenvalue weighted by Crippen LogP contribution is -2.30. The van der Waals surface area contributed by atoms with E-state index in [1.54, 1.807) is 4.90 Å². The number of amides is 3. The number of nitrogens with one attached hydrogen (secondary N) is 2. The molecule has 2 rings (SSSR count). The summed E-state index contributed by atoms with van der Waals surface area (Å²) in [7, 11) is 0. The number of carbonyl (C=O) groups is 2. The molecule has 0 atom stereocenters. The van der Waals surface area contributed by atoms with Crippen LogP contribution in [-0.2, 0) is 11.2 Å². The molecule has 1 aromatic carbocycles. The second kappa shape index (κ2) is 5.08. The molecular weight excluding hydrogens is 230 g/mol. The fourth-order valence-corrected chi connectivity index (χ4v) is 2.20. The highest BCUT2D eigenvalue weighted by atomic mass is 16.2. The maximum Gasteiger partial charge on any atom is 0.319 e. The minimum Gasteiger partial charge on any atom is -0.338 e. The van der Waals surface area contributed by atoms with Crippen LogP contribution in [0.1, 0.15) is 19.4 Å². The van der Waals surface area contributed by atoms with Gasteiger partial charge >= 0.3 is 6.03 Å². The van der Waals surface area contributed by atoms with Gasteiger partial charge in [0.1, 0.15) is 0 Å². The standard InChI is InChI=1S/C13H17N3O2/c1-3-14-13(18)15-11-6-4-5-10-7-8-16(9(2)17)12(10)11/h4-6H,3,7-8H2,1-2H3,(H2,14,15,18). The smallest absolute Gasteiger partial charge is 0.319 e. The number of rotatable bonds is 2. The van der Waals surface area contributed by atoms with Crippen LogP contribution in [0, 0.1) is 0 Å². The van der Waals surface area contributed by atoms with E-state index < -0.39 is 0 Å². The van der Waals surface area contributed by atoms with Gasteiger partial charge in [-0.15, -0.1) is 0 Å². The Kier molecular flexibility index (Phi) is 3.50. The molecule has 0 saturated carbocycles. The summed E-state index contributed by atoms with van der Waals surface area (Å²) in [6, 6.07) is 5.45. The molecule has 0 spiro atoms. The molecule has 0 unspecified atom stereocenters. The summed E-state index contributed by atoms with van der Waals surface area (Å²) in [5.74, 6) is -0.00102. The molecule has 5 heteroatoms. The lowest BCUT2D eigenvalue weighted by molar-refractivity contribution is -0.116. The van der Waals surface area contributed by atoms with Gasteiger partial charge in [-0.3, -0.25) is 4.79 Å². The quantitative estimate of drug-likeness (QED) is 0.836. The lowest BCUT2D eigenvalue weighted by Gasteiger charge is -2.19. The Labute approximate surface area is 106 Å². The number of anilines is 2. The Hall–Kier alpha value is -2.04. The molecule has 1 aliphatic rings. The van der Waals surface area contributed by atoms with E-state index in [1.807, 2.05) is 25.1 Å². The molecule has 96 valence electrons. The maximum absolute atomic E-state index is 11.6. The number of nitrogens with zero attached hydrogens (tertiary/aromatic N) is 1. The van der Waals surface area contributed by atoms with Crippen LogP contribution in [0.2, 0.25) is 0 Å².